The zero-order valence-corrected chi connectivity index (χ0v) is 11.0. The van der Waals surface area contributed by atoms with Crippen molar-refractivity contribution < 1.29 is 9.72 Å². The van der Waals surface area contributed by atoms with E-state index in [-0.39, 0.29) is 11.7 Å². The van der Waals surface area contributed by atoms with Gasteiger partial charge in [0.05, 0.1) is 5.69 Å². The summed E-state index contributed by atoms with van der Waals surface area (Å²) in [6.45, 7) is 5.18. The SMILES string of the molecule is CC(C)CNC(=O)CCNc1ccc([N+](=O)[O-])nc1. The van der Waals surface area contributed by atoms with E-state index in [4.69, 9.17) is 0 Å². The maximum atomic E-state index is 11.4. The van der Waals surface area contributed by atoms with Crippen LogP contribution in [0.15, 0.2) is 18.3 Å². The van der Waals surface area contributed by atoms with Crippen molar-refractivity contribution >= 4 is 17.4 Å². The summed E-state index contributed by atoms with van der Waals surface area (Å²) in [5.74, 6) is 0.215. The lowest BCUT2D eigenvalue weighted by atomic mass is 10.2. The zero-order valence-electron chi connectivity index (χ0n) is 11.0. The Labute approximate surface area is 111 Å². The Morgan fingerprint density at radius 1 is 1.47 bits per heavy atom. The molecule has 1 aromatic rings. The van der Waals surface area contributed by atoms with Gasteiger partial charge < -0.3 is 20.7 Å². The Kier molecular flexibility index (Phi) is 5.72. The van der Waals surface area contributed by atoms with Gasteiger partial charge in [0, 0.05) is 25.6 Å². The fourth-order valence-electron chi connectivity index (χ4n) is 1.33. The number of carbonyl (C=O) groups is 1. The normalized spacial score (nSPS) is 10.3. The van der Waals surface area contributed by atoms with E-state index in [9.17, 15) is 14.9 Å². The van der Waals surface area contributed by atoms with Crippen LogP contribution in [0.5, 0.6) is 0 Å². The van der Waals surface area contributed by atoms with Crippen LogP contribution >= 0.6 is 0 Å². The molecular formula is C12H18N4O3. The minimum atomic E-state index is -0.552. The standard InChI is InChI=1S/C12H18N4O3/c1-9(2)7-15-12(17)5-6-13-10-3-4-11(14-8-10)16(18)19/h3-4,8-9,13H,5-7H2,1-2H3,(H,15,17). The van der Waals surface area contributed by atoms with Crippen LogP contribution in [0.1, 0.15) is 20.3 Å². The van der Waals surface area contributed by atoms with Gasteiger partial charge in [0.1, 0.15) is 0 Å². The molecule has 0 aromatic carbocycles. The molecule has 0 saturated carbocycles. The van der Waals surface area contributed by atoms with Crippen molar-refractivity contribution in [2.75, 3.05) is 18.4 Å². The van der Waals surface area contributed by atoms with Crippen LogP contribution in [0.4, 0.5) is 11.5 Å². The number of hydrogen-bond acceptors (Lipinski definition) is 5. The Morgan fingerprint density at radius 3 is 2.74 bits per heavy atom. The monoisotopic (exact) mass is 266 g/mol. The van der Waals surface area contributed by atoms with Crippen molar-refractivity contribution in [3.8, 4) is 0 Å². The van der Waals surface area contributed by atoms with Crippen molar-refractivity contribution in [3.05, 3.63) is 28.4 Å². The Bertz CT molecular complexity index is 431. The molecule has 0 atom stereocenters. The number of carbonyl (C=O) groups excluding carboxylic acids is 1. The molecule has 0 saturated heterocycles. The molecule has 1 rings (SSSR count). The molecule has 0 aliphatic carbocycles. The molecule has 0 unspecified atom stereocenters. The van der Waals surface area contributed by atoms with Crippen LogP contribution in [0.3, 0.4) is 0 Å². The smallest absolute Gasteiger partial charge is 0.363 e. The third kappa shape index (κ3) is 5.80. The van der Waals surface area contributed by atoms with Crippen molar-refractivity contribution in [1.29, 1.82) is 0 Å². The molecule has 0 radical (unpaired) electrons. The topological polar surface area (TPSA) is 97.2 Å². The van der Waals surface area contributed by atoms with Crippen molar-refractivity contribution in [3.63, 3.8) is 0 Å². The van der Waals surface area contributed by atoms with Crippen molar-refractivity contribution in [2.45, 2.75) is 20.3 Å². The minimum absolute atomic E-state index is 0.0175. The largest absolute Gasteiger partial charge is 0.381 e. The van der Waals surface area contributed by atoms with Gasteiger partial charge in [-0.05, 0) is 21.9 Å². The molecule has 7 heteroatoms. The number of anilines is 1. The fourth-order valence-corrected chi connectivity index (χ4v) is 1.33. The molecule has 0 fully saturated rings. The molecule has 2 N–H and O–H groups in total. The zero-order chi connectivity index (χ0) is 14.3. The summed E-state index contributed by atoms with van der Waals surface area (Å²) in [6, 6.07) is 2.89. The van der Waals surface area contributed by atoms with Crippen LogP contribution < -0.4 is 10.6 Å². The summed E-state index contributed by atoms with van der Waals surface area (Å²) < 4.78 is 0. The lowest BCUT2D eigenvalue weighted by Gasteiger charge is -2.08. The Morgan fingerprint density at radius 2 is 2.21 bits per heavy atom. The predicted molar refractivity (Wildman–Crippen MR) is 71.8 cm³/mol. The lowest BCUT2D eigenvalue weighted by molar-refractivity contribution is -0.389. The van der Waals surface area contributed by atoms with Crippen LogP contribution in [0.25, 0.3) is 0 Å². The van der Waals surface area contributed by atoms with Gasteiger partial charge in [-0.3, -0.25) is 4.79 Å². The Hall–Kier alpha value is -2.18. The summed E-state index contributed by atoms with van der Waals surface area (Å²) in [4.78, 5) is 25.0. The van der Waals surface area contributed by atoms with E-state index in [1.54, 1.807) is 6.07 Å². The van der Waals surface area contributed by atoms with E-state index < -0.39 is 4.92 Å². The van der Waals surface area contributed by atoms with Gasteiger partial charge in [0.2, 0.25) is 5.91 Å². The van der Waals surface area contributed by atoms with E-state index >= 15 is 0 Å². The van der Waals surface area contributed by atoms with Crippen molar-refractivity contribution in [2.24, 2.45) is 5.92 Å². The average molecular weight is 266 g/mol. The molecule has 19 heavy (non-hydrogen) atoms. The van der Waals surface area contributed by atoms with Gasteiger partial charge in [0.25, 0.3) is 0 Å². The second-order valence-corrected chi connectivity index (χ2v) is 4.54. The molecule has 0 aliphatic heterocycles. The third-order valence-corrected chi connectivity index (χ3v) is 2.32. The number of rotatable bonds is 7. The number of aromatic nitrogens is 1. The van der Waals surface area contributed by atoms with Gasteiger partial charge in [-0.2, -0.15) is 0 Å². The van der Waals surface area contributed by atoms with E-state index in [0.717, 1.165) is 0 Å². The van der Waals surface area contributed by atoms with Gasteiger partial charge in [-0.15, -0.1) is 0 Å². The first-order valence-electron chi connectivity index (χ1n) is 6.10. The average Bonchev–Trinajstić information content (AvgIpc) is 2.37. The second kappa shape index (κ2) is 7.30. The molecule has 7 nitrogen and oxygen atoms in total. The molecule has 1 aromatic heterocycles. The molecule has 0 spiro atoms. The first-order chi connectivity index (χ1) is 8.99. The van der Waals surface area contributed by atoms with Gasteiger partial charge in [0.15, 0.2) is 6.20 Å². The summed E-state index contributed by atoms with van der Waals surface area (Å²) >= 11 is 0. The molecular weight excluding hydrogens is 248 g/mol. The van der Waals surface area contributed by atoms with Gasteiger partial charge in [-0.1, -0.05) is 13.8 Å². The number of nitrogens with one attached hydrogen (secondary N) is 2. The van der Waals surface area contributed by atoms with Crippen LogP contribution in [-0.2, 0) is 4.79 Å². The first-order valence-corrected chi connectivity index (χ1v) is 6.10. The first kappa shape index (κ1) is 14.9. The highest BCUT2D eigenvalue weighted by atomic mass is 16.6. The summed E-state index contributed by atoms with van der Waals surface area (Å²) in [7, 11) is 0. The molecule has 0 aliphatic rings. The highest BCUT2D eigenvalue weighted by Gasteiger charge is 2.06. The highest BCUT2D eigenvalue weighted by Crippen LogP contribution is 2.11. The summed E-state index contributed by atoms with van der Waals surface area (Å²) in [5.41, 5.74) is 0.655. The second-order valence-electron chi connectivity index (χ2n) is 4.54. The van der Waals surface area contributed by atoms with Crippen LogP contribution in [0, 0.1) is 16.0 Å². The number of amides is 1. The van der Waals surface area contributed by atoms with E-state index in [2.05, 4.69) is 15.6 Å². The molecule has 104 valence electrons. The predicted octanol–water partition coefficient (Wildman–Crippen LogP) is 1.56. The quantitative estimate of drug-likeness (QED) is 0.576. The summed E-state index contributed by atoms with van der Waals surface area (Å²) in [6.07, 6.45) is 1.73. The Balaban J connectivity index is 2.29. The van der Waals surface area contributed by atoms with E-state index in [1.807, 2.05) is 13.8 Å². The van der Waals surface area contributed by atoms with Crippen LogP contribution in [0.2, 0.25) is 0 Å². The maximum Gasteiger partial charge on any atom is 0.363 e. The van der Waals surface area contributed by atoms with E-state index in [1.165, 1.54) is 12.3 Å². The third-order valence-electron chi connectivity index (χ3n) is 2.32. The minimum Gasteiger partial charge on any atom is -0.381 e. The highest BCUT2D eigenvalue weighted by molar-refractivity contribution is 5.76. The van der Waals surface area contributed by atoms with E-state index in [0.29, 0.717) is 31.1 Å². The van der Waals surface area contributed by atoms with Gasteiger partial charge >= 0.3 is 5.82 Å². The molecule has 0 bridgehead atoms. The number of pyridine rings is 1. The van der Waals surface area contributed by atoms with Gasteiger partial charge in [-0.25, -0.2) is 0 Å². The fraction of sp³-hybridized carbons (Fsp3) is 0.500. The summed E-state index contributed by atoms with van der Waals surface area (Å²) in [5, 5.41) is 16.2. The maximum absolute atomic E-state index is 11.4. The number of nitrogens with zero attached hydrogens (tertiary/aromatic N) is 2. The number of hydrogen-bond donors (Lipinski definition) is 2. The molecule has 1 heterocycles. The van der Waals surface area contributed by atoms with Crippen molar-refractivity contribution in [1.82, 2.24) is 10.3 Å². The molecule has 1 amide bonds. The number of nitro groups is 1. The van der Waals surface area contributed by atoms with Crippen LogP contribution in [-0.4, -0.2) is 28.9 Å². The lowest BCUT2D eigenvalue weighted by Crippen LogP contribution is -2.28.